The fourth-order valence-electron chi connectivity index (χ4n) is 2.31. The highest BCUT2D eigenvalue weighted by Gasteiger charge is 2.23. The van der Waals surface area contributed by atoms with Crippen molar-refractivity contribution in [2.45, 2.75) is 25.8 Å². The molecule has 1 aromatic carbocycles. The average Bonchev–Trinajstić information content (AvgIpc) is 2.41. The second kappa shape index (κ2) is 7.13. The summed E-state index contributed by atoms with van der Waals surface area (Å²) >= 11 is 6.07. The summed E-state index contributed by atoms with van der Waals surface area (Å²) < 4.78 is 0. The molecule has 1 saturated heterocycles. The average molecular weight is 303 g/mol. The first kappa shape index (κ1) is 16.3. The summed E-state index contributed by atoms with van der Waals surface area (Å²) in [5.74, 6) is 0.0804. The smallest absolute Gasteiger partial charge is 0.253 e. The van der Waals surface area contributed by atoms with E-state index in [2.05, 4.69) is 5.32 Å². The summed E-state index contributed by atoms with van der Waals surface area (Å²) in [6.07, 6.45) is 2.19. The number of piperidine rings is 1. The Kier molecular flexibility index (Phi) is 6.11. The van der Waals surface area contributed by atoms with E-state index in [0.717, 1.165) is 31.5 Å². The molecule has 5 heteroatoms. The lowest BCUT2D eigenvalue weighted by molar-refractivity contribution is 0.0698. The molecule has 1 aliphatic heterocycles. The van der Waals surface area contributed by atoms with Gasteiger partial charge in [-0.05, 0) is 44.5 Å². The van der Waals surface area contributed by atoms with Crippen molar-refractivity contribution in [3.63, 3.8) is 0 Å². The summed E-state index contributed by atoms with van der Waals surface area (Å²) in [6.45, 7) is 3.55. The van der Waals surface area contributed by atoms with E-state index in [4.69, 9.17) is 11.6 Å². The fourth-order valence-corrected chi connectivity index (χ4v) is 2.49. The minimum absolute atomic E-state index is 0. The Morgan fingerprint density at radius 1 is 1.47 bits per heavy atom. The molecule has 0 radical (unpaired) electrons. The van der Waals surface area contributed by atoms with E-state index in [-0.39, 0.29) is 18.3 Å². The van der Waals surface area contributed by atoms with Crippen LogP contribution < -0.4 is 5.32 Å². The van der Waals surface area contributed by atoms with E-state index < -0.39 is 0 Å². The van der Waals surface area contributed by atoms with E-state index in [1.165, 1.54) is 0 Å². The number of aryl methyl sites for hydroxylation is 1. The second-order valence-electron chi connectivity index (χ2n) is 4.84. The molecule has 0 spiro atoms. The van der Waals surface area contributed by atoms with Crippen LogP contribution in [0.2, 0.25) is 5.02 Å². The van der Waals surface area contributed by atoms with Gasteiger partial charge in [0, 0.05) is 29.7 Å². The van der Waals surface area contributed by atoms with Gasteiger partial charge in [-0.1, -0.05) is 17.7 Å². The molecule has 1 heterocycles. The number of benzene rings is 1. The van der Waals surface area contributed by atoms with Crippen LogP contribution in [0.4, 0.5) is 0 Å². The molecule has 2 rings (SSSR count). The van der Waals surface area contributed by atoms with Gasteiger partial charge in [0.05, 0.1) is 0 Å². The SMILES string of the molecule is CNC1CCCN(C(=O)c2ccc(C)c(Cl)c2)C1.Cl. The molecular weight excluding hydrogens is 283 g/mol. The number of rotatable bonds is 2. The highest BCUT2D eigenvalue weighted by molar-refractivity contribution is 6.31. The quantitative estimate of drug-likeness (QED) is 0.911. The number of carbonyl (C=O) groups is 1. The zero-order valence-electron chi connectivity index (χ0n) is 11.3. The Morgan fingerprint density at radius 3 is 2.84 bits per heavy atom. The van der Waals surface area contributed by atoms with Crippen LogP contribution in [0.3, 0.4) is 0 Å². The number of amides is 1. The molecule has 3 nitrogen and oxygen atoms in total. The van der Waals surface area contributed by atoms with E-state index in [1.54, 1.807) is 6.07 Å². The van der Waals surface area contributed by atoms with Crippen molar-refractivity contribution in [2.24, 2.45) is 0 Å². The molecule has 0 aliphatic carbocycles. The van der Waals surface area contributed by atoms with Gasteiger partial charge in [-0.15, -0.1) is 12.4 Å². The van der Waals surface area contributed by atoms with Crippen LogP contribution in [0.5, 0.6) is 0 Å². The Morgan fingerprint density at radius 2 is 2.21 bits per heavy atom. The Bertz CT molecular complexity index is 451. The maximum atomic E-state index is 12.4. The van der Waals surface area contributed by atoms with Gasteiger partial charge in [-0.2, -0.15) is 0 Å². The van der Waals surface area contributed by atoms with Crippen LogP contribution in [0, 0.1) is 6.92 Å². The lowest BCUT2D eigenvalue weighted by Crippen LogP contribution is -2.46. The van der Waals surface area contributed by atoms with Crippen LogP contribution in [0.25, 0.3) is 0 Å². The van der Waals surface area contributed by atoms with Gasteiger partial charge in [0.2, 0.25) is 0 Å². The van der Waals surface area contributed by atoms with Crippen LogP contribution in [-0.2, 0) is 0 Å². The molecular formula is C14H20Cl2N2O. The van der Waals surface area contributed by atoms with Crippen LogP contribution in [0.15, 0.2) is 18.2 Å². The normalized spacial score (nSPS) is 18.9. The predicted octanol–water partition coefficient (Wildman–Crippen LogP) is 2.89. The molecule has 0 bridgehead atoms. The lowest BCUT2D eigenvalue weighted by Gasteiger charge is -2.32. The van der Waals surface area contributed by atoms with E-state index in [1.807, 2.05) is 31.0 Å². The number of hydrogen-bond acceptors (Lipinski definition) is 2. The van der Waals surface area contributed by atoms with Gasteiger partial charge < -0.3 is 10.2 Å². The van der Waals surface area contributed by atoms with Crippen molar-refractivity contribution in [1.29, 1.82) is 0 Å². The number of nitrogens with one attached hydrogen (secondary N) is 1. The largest absolute Gasteiger partial charge is 0.337 e. The van der Waals surface area contributed by atoms with Gasteiger partial charge in [-0.3, -0.25) is 4.79 Å². The Balaban J connectivity index is 0.00000180. The minimum atomic E-state index is 0. The highest BCUT2D eigenvalue weighted by Crippen LogP contribution is 2.19. The number of hydrogen-bond donors (Lipinski definition) is 1. The van der Waals surface area contributed by atoms with Gasteiger partial charge in [0.25, 0.3) is 5.91 Å². The first-order chi connectivity index (χ1) is 8.61. The van der Waals surface area contributed by atoms with Crippen molar-refractivity contribution in [1.82, 2.24) is 10.2 Å². The number of halogens is 2. The van der Waals surface area contributed by atoms with E-state index in [9.17, 15) is 4.79 Å². The molecule has 19 heavy (non-hydrogen) atoms. The Hall–Kier alpha value is -0.770. The third-order valence-electron chi connectivity index (χ3n) is 3.54. The summed E-state index contributed by atoms with van der Waals surface area (Å²) in [6, 6.07) is 5.92. The summed E-state index contributed by atoms with van der Waals surface area (Å²) in [4.78, 5) is 14.3. The minimum Gasteiger partial charge on any atom is -0.337 e. The van der Waals surface area contributed by atoms with Crippen LogP contribution in [0.1, 0.15) is 28.8 Å². The number of likely N-dealkylation sites (N-methyl/N-ethyl adjacent to an activating group) is 1. The van der Waals surface area contributed by atoms with Crippen molar-refractivity contribution in [2.75, 3.05) is 20.1 Å². The zero-order valence-corrected chi connectivity index (χ0v) is 12.9. The molecule has 1 amide bonds. The maximum absolute atomic E-state index is 12.4. The molecule has 1 fully saturated rings. The predicted molar refractivity (Wildman–Crippen MR) is 81.4 cm³/mol. The third-order valence-corrected chi connectivity index (χ3v) is 3.94. The van der Waals surface area contributed by atoms with Gasteiger partial charge in [-0.25, -0.2) is 0 Å². The van der Waals surface area contributed by atoms with E-state index in [0.29, 0.717) is 16.6 Å². The first-order valence-electron chi connectivity index (χ1n) is 6.34. The number of nitrogens with zero attached hydrogens (tertiary/aromatic N) is 1. The van der Waals surface area contributed by atoms with Crippen molar-refractivity contribution in [3.05, 3.63) is 34.3 Å². The zero-order chi connectivity index (χ0) is 13.1. The molecule has 0 aromatic heterocycles. The topological polar surface area (TPSA) is 32.3 Å². The lowest BCUT2D eigenvalue weighted by atomic mass is 10.0. The summed E-state index contributed by atoms with van der Waals surface area (Å²) in [7, 11) is 1.95. The van der Waals surface area contributed by atoms with Crippen molar-refractivity contribution < 1.29 is 4.79 Å². The standard InChI is InChI=1S/C14H19ClN2O.ClH/c1-10-5-6-11(8-13(10)15)14(18)17-7-3-4-12(9-17)16-2;/h5-6,8,12,16H,3-4,7,9H2,1-2H3;1H. The number of likely N-dealkylation sites (tertiary alicyclic amines) is 1. The molecule has 1 unspecified atom stereocenters. The van der Waals surface area contributed by atoms with Gasteiger partial charge in [0.1, 0.15) is 0 Å². The Labute approximate surface area is 125 Å². The van der Waals surface area contributed by atoms with Crippen LogP contribution in [-0.4, -0.2) is 37.0 Å². The van der Waals surface area contributed by atoms with Crippen molar-refractivity contribution in [3.8, 4) is 0 Å². The highest BCUT2D eigenvalue weighted by atomic mass is 35.5. The van der Waals surface area contributed by atoms with Gasteiger partial charge in [0.15, 0.2) is 0 Å². The summed E-state index contributed by atoms with van der Waals surface area (Å²) in [5.41, 5.74) is 1.68. The third kappa shape index (κ3) is 3.85. The molecule has 1 atom stereocenters. The van der Waals surface area contributed by atoms with Gasteiger partial charge >= 0.3 is 0 Å². The fraction of sp³-hybridized carbons (Fsp3) is 0.500. The summed E-state index contributed by atoms with van der Waals surface area (Å²) in [5, 5.41) is 3.90. The second-order valence-corrected chi connectivity index (χ2v) is 5.25. The molecule has 1 N–H and O–H groups in total. The van der Waals surface area contributed by atoms with E-state index >= 15 is 0 Å². The molecule has 0 saturated carbocycles. The monoisotopic (exact) mass is 302 g/mol. The molecule has 1 aromatic rings. The maximum Gasteiger partial charge on any atom is 0.253 e. The first-order valence-corrected chi connectivity index (χ1v) is 6.72. The number of carbonyl (C=O) groups excluding carboxylic acids is 1. The van der Waals surface area contributed by atoms with Crippen molar-refractivity contribution >= 4 is 29.9 Å². The molecule has 1 aliphatic rings. The molecule has 106 valence electrons. The van der Waals surface area contributed by atoms with Crippen LogP contribution >= 0.6 is 24.0 Å².